The van der Waals surface area contributed by atoms with Gasteiger partial charge in [0.2, 0.25) is 0 Å². The highest BCUT2D eigenvalue weighted by Crippen LogP contribution is 2.33. The molecule has 3 aromatic rings. The number of aliphatic imine (C=N–C) groups is 1. The molecule has 0 saturated carbocycles. The van der Waals surface area contributed by atoms with E-state index in [1.165, 1.54) is 37.6 Å². The number of carboxylic acid groups (broad SMARTS) is 2. The number of nitro groups is 2. The SMILES string of the molecule is C[C@@H]1CCCN1.Cc1cc(C(=O)N2CCC[C@H]2C)c([N+](=O)[O-])cc1C.Cc1cc(C(=O)O)c([N+](=O)[O-])cc1C.Cc1cc2c(cc1O)N=C[C@@H]1CCCN1C2=O.O=C(O)[C@@H]1CCCN1. The highest BCUT2D eigenvalue weighted by Gasteiger charge is 2.33. The number of benzene rings is 3. The minimum atomic E-state index is -1.28. The molecule has 0 spiro atoms. The molecule has 5 N–H and O–H groups in total. The fourth-order valence-corrected chi connectivity index (χ4v) is 7.87. The summed E-state index contributed by atoms with van der Waals surface area (Å²) < 4.78 is 0. The molecule has 4 atom stereocenters. The number of phenolic OH excluding ortho intramolecular Hbond substituents is 1. The predicted octanol–water partition coefficient (Wildman–Crippen LogP) is 7.35. The molecule has 5 aliphatic rings. The predicted molar refractivity (Wildman–Crippen MR) is 242 cm³/mol. The lowest BCUT2D eigenvalue weighted by Crippen LogP contribution is -2.35. The average Bonchev–Trinajstić information content (AvgIpc) is 4.09. The molecule has 5 aliphatic heterocycles. The zero-order valence-corrected chi connectivity index (χ0v) is 37.7. The Balaban J connectivity index is 0.000000184. The maximum atomic E-state index is 12.5. The molecule has 18 nitrogen and oxygen atoms in total. The van der Waals surface area contributed by atoms with Crippen LogP contribution in [0.3, 0.4) is 0 Å². The van der Waals surface area contributed by atoms with E-state index >= 15 is 0 Å². The van der Waals surface area contributed by atoms with Gasteiger partial charge in [0.05, 0.1) is 27.1 Å². The number of aryl methyl sites for hydroxylation is 5. The summed E-state index contributed by atoms with van der Waals surface area (Å²) in [5.41, 5.74) is 4.55. The van der Waals surface area contributed by atoms with E-state index in [4.69, 9.17) is 10.2 Å². The summed E-state index contributed by atoms with van der Waals surface area (Å²) in [6.07, 6.45) is 10.3. The van der Waals surface area contributed by atoms with Gasteiger partial charge in [-0.25, -0.2) is 4.79 Å². The number of amides is 2. The maximum absolute atomic E-state index is 12.5. The Hall–Kier alpha value is -6.27. The van der Waals surface area contributed by atoms with Gasteiger partial charge in [-0.1, -0.05) is 0 Å². The van der Waals surface area contributed by atoms with E-state index in [0.717, 1.165) is 74.3 Å². The zero-order chi connectivity index (χ0) is 47.4. The number of nitrogens with one attached hydrogen (secondary N) is 2. The fraction of sp³-hybridized carbons (Fsp3) is 0.500. The first-order chi connectivity index (χ1) is 30.2. The summed E-state index contributed by atoms with van der Waals surface area (Å²) in [6.45, 7) is 16.7. The third kappa shape index (κ3) is 13.1. The van der Waals surface area contributed by atoms with E-state index in [2.05, 4.69) is 22.5 Å². The first-order valence-electron chi connectivity index (χ1n) is 21.7. The van der Waals surface area contributed by atoms with Crippen LogP contribution in [0.1, 0.15) is 124 Å². The first kappa shape index (κ1) is 50.4. The van der Waals surface area contributed by atoms with Crippen molar-refractivity contribution >= 4 is 47.0 Å². The van der Waals surface area contributed by atoms with Crippen molar-refractivity contribution in [3.05, 3.63) is 101 Å². The van der Waals surface area contributed by atoms with Crippen molar-refractivity contribution in [3.63, 3.8) is 0 Å². The summed E-state index contributed by atoms with van der Waals surface area (Å²) in [7, 11) is 0. The zero-order valence-electron chi connectivity index (χ0n) is 37.7. The number of phenols is 1. The topological polar surface area (TPSA) is 258 Å². The van der Waals surface area contributed by atoms with E-state index in [9.17, 15) is 44.5 Å². The first-order valence-corrected chi connectivity index (χ1v) is 21.7. The number of hydrogen-bond acceptors (Lipinski definition) is 12. The van der Waals surface area contributed by atoms with Gasteiger partial charge in [0.15, 0.2) is 0 Å². The van der Waals surface area contributed by atoms with E-state index in [1.54, 1.807) is 43.9 Å². The van der Waals surface area contributed by atoms with Gasteiger partial charge in [-0.05, 0) is 159 Å². The Bertz CT molecular complexity index is 2210. The number of aliphatic carboxylic acids is 1. The van der Waals surface area contributed by atoms with Crippen molar-refractivity contribution < 1.29 is 44.3 Å². The average molecular weight is 888 g/mol. The van der Waals surface area contributed by atoms with Crippen molar-refractivity contribution in [2.45, 2.75) is 124 Å². The van der Waals surface area contributed by atoms with Crippen LogP contribution in [-0.4, -0.2) is 115 Å². The second-order valence-corrected chi connectivity index (χ2v) is 16.8. The van der Waals surface area contributed by atoms with Crippen LogP contribution in [0.2, 0.25) is 0 Å². The lowest BCUT2D eigenvalue weighted by molar-refractivity contribution is -0.385. The minimum Gasteiger partial charge on any atom is -0.508 e. The summed E-state index contributed by atoms with van der Waals surface area (Å²) in [5.74, 6) is -2.00. The summed E-state index contributed by atoms with van der Waals surface area (Å²) >= 11 is 0. The lowest BCUT2D eigenvalue weighted by Gasteiger charge is -2.21. The van der Waals surface area contributed by atoms with E-state index < -0.39 is 21.8 Å². The highest BCUT2D eigenvalue weighted by atomic mass is 16.6. The second kappa shape index (κ2) is 22.9. The summed E-state index contributed by atoms with van der Waals surface area (Å²) in [4.78, 5) is 74.1. The molecule has 5 heterocycles. The number of aromatic hydroxyl groups is 1. The number of carboxylic acids is 2. The van der Waals surface area contributed by atoms with E-state index in [-0.39, 0.29) is 58.2 Å². The molecule has 0 bridgehead atoms. The molecule has 0 radical (unpaired) electrons. The largest absolute Gasteiger partial charge is 0.508 e. The molecule has 8 rings (SSSR count). The summed E-state index contributed by atoms with van der Waals surface area (Å²) in [6, 6.07) is 9.83. The molecule has 0 aromatic heterocycles. The number of likely N-dealkylation sites (tertiary alicyclic amines) is 1. The molecule has 2 amide bonds. The van der Waals surface area contributed by atoms with Crippen LogP contribution in [-0.2, 0) is 4.79 Å². The van der Waals surface area contributed by atoms with E-state index in [0.29, 0.717) is 28.9 Å². The number of carbonyl (C=O) groups excluding carboxylic acids is 2. The van der Waals surface area contributed by atoms with Gasteiger partial charge in [0.1, 0.15) is 22.9 Å². The summed E-state index contributed by atoms with van der Waals surface area (Å²) in [5, 5.41) is 54.6. The lowest BCUT2D eigenvalue weighted by atomic mass is 10.0. The van der Waals surface area contributed by atoms with Gasteiger partial charge in [-0.3, -0.25) is 39.6 Å². The molecule has 0 aliphatic carbocycles. The maximum Gasteiger partial charge on any atom is 0.342 e. The van der Waals surface area contributed by atoms with Crippen molar-refractivity contribution in [2.24, 2.45) is 4.99 Å². The number of hydrogen-bond donors (Lipinski definition) is 5. The van der Waals surface area contributed by atoms with Crippen LogP contribution in [0.5, 0.6) is 5.75 Å². The number of nitro benzene ring substituents is 2. The van der Waals surface area contributed by atoms with Gasteiger partial charge in [0.25, 0.3) is 23.2 Å². The molecule has 346 valence electrons. The van der Waals surface area contributed by atoms with Gasteiger partial charge in [-0.2, -0.15) is 0 Å². The monoisotopic (exact) mass is 887 g/mol. The molecule has 18 heteroatoms. The number of fused-ring (bicyclic) bond motifs is 2. The second-order valence-electron chi connectivity index (χ2n) is 16.8. The molecule has 3 aromatic carbocycles. The Morgan fingerprint density at radius 3 is 1.75 bits per heavy atom. The fourth-order valence-electron chi connectivity index (χ4n) is 7.87. The molecule has 4 saturated heterocycles. The van der Waals surface area contributed by atoms with Gasteiger partial charge >= 0.3 is 11.9 Å². The van der Waals surface area contributed by atoms with Crippen LogP contribution < -0.4 is 10.6 Å². The smallest absolute Gasteiger partial charge is 0.342 e. The van der Waals surface area contributed by atoms with Crippen LogP contribution >= 0.6 is 0 Å². The third-order valence-corrected chi connectivity index (χ3v) is 12.0. The molecule has 64 heavy (non-hydrogen) atoms. The number of rotatable bonds is 5. The van der Waals surface area contributed by atoms with Crippen molar-refractivity contribution in [3.8, 4) is 5.75 Å². The Kier molecular flexibility index (Phi) is 18.0. The molecular formula is C46H61N7O11. The number of carbonyl (C=O) groups is 4. The minimum absolute atomic E-state index is 0.0306. The van der Waals surface area contributed by atoms with E-state index in [1.807, 2.05) is 31.9 Å². The number of nitrogens with zero attached hydrogens (tertiary/aromatic N) is 5. The Morgan fingerprint density at radius 1 is 0.719 bits per heavy atom. The number of aromatic carboxylic acids is 1. The van der Waals surface area contributed by atoms with Gasteiger partial charge in [0, 0.05) is 49.6 Å². The Labute approximate surface area is 373 Å². The quantitative estimate of drug-likeness (QED) is 0.124. The molecule has 4 fully saturated rings. The van der Waals surface area contributed by atoms with Crippen molar-refractivity contribution in [1.82, 2.24) is 20.4 Å². The normalized spacial score (nSPS) is 20.4. The third-order valence-electron chi connectivity index (χ3n) is 12.0. The van der Waals surface area contributed by atoms with Crippen molar-refractivity contribution in [1.29, 1.82) is 0 Å². The van der Waals surface area contributed by atoms with Crippen LogP contribution in [0.4, 0.5) is 17.1 Å². The molecular weight excluding hydrogens is 827 g/mol. The standard InChI is InChI=1S/C14H18N2O3.C13H14N2O2.C9H9NO4.C5H9NO2.C5H11N/c1-9-7-12(13(16(18)19)8-10(9)2)14(17)15-6-4-5-11(15)3;1-8-5-10-11(6-12(8)16)14-7-9-3-2-4-15(9)13(10)17;1-5-3-7(9(11)12)8(10(13)14)4-6(5)2;7-5(8)4-2-1-3-6-4;1-5-3-2-4-6-5/h7-8,11H,4-6H2,1-3H3;5-7,9,16H,2-4H2,1H3;3-4H,1-2H3,(H,11,12);4,6H,1-3H2,(H,7,8);5-6H,2-4H2,1H3/t11-;9-;;4-;5-/m10.01/s1. The Morgan fingerprint density at radius 2 is 1.28 bits per heavy atom. The van der Waals surface area contributed by atoms with Gasteiger partial charge in [-0.15, -0.1) is 0 Å². The van der Waals surface area contributed by atoms with Crippen LogP contribution in [0.25, 0.3) is 0 Å². The van der Waals surface area contributed by atoms with Crippen LogP contribution in [0.15, 0.2) is 41.4 Å². The van der Waals surface area contributed by atoms with Crippen molar-refractivity contribution in [2.75, 3.05) is 26.2 Å². The van der Waals surface area contributed by atoms with Crippen LogP contribution in [0, 0.1) is 54.8 Å². The highest BCUT2D eigenvalue weighted by molar-refractivity contribution is 6.03. The molecule has 0 unspecified atom stereocenters. The van der Waals surface area contributed by atoms with Gasteiger partial charge < -0.3 is 35.8 Å².